The standard InChI is InChI=1S/C19H37N5O5/c1-11(2)9-13(21)17(26)24-16(12(3)4)18(27)22-10-15(25)23-14(19(28)29)7-5-6-8-20/h11-14,16H,5-10,20-21H2,1-4H3,(H,22,27)(H,23,25)(H,24,26)(H,28,29). The minimum absolute atomic E-state index is 0.226. The number of rotatable bonds is 14. The van der Waals surface area contributed by atoms with Crippen molar-refractivity contribution in [2.45, 2.75) is 71.5 Å². The van der Waals surface area contributed by atoms with E-state index in [9.17, 15) is 24.3 Å². The van der Waals surface area contributed by atoms with Gasteiger partial charge in [0.1, 0.15) is 12.1 Å². The first kappa shape index (κ1) is 26.8. The van der Waals surface area contributed by atoms with Crippen molar-refractivity contribution in [2.75, 3.05) is 13.1 Å². The van der Waals surface area contributed by atoms with Gasteiger partial charge in [-0.3, -0.25) is 14.4 Å². The molecule has 0 bridgehead atoms. The highest BCUT2D eigenvalue weighted by atomic mass is 16.4. The molecule has 0 saturated carbocycles. The highest BCUT2D eigenvalue weighted by molar-refractivity contribution is 5.92. The lowest BCUT2D eigenvalue weighted by atomic mass is 10.0. The summed E-state index contributed by atoms with van der Waals surface area (Å²) in [6.45, 7) is 7.46. The van der Waals surface area contributed by atoms with Gasteiger partial charge >= 0.3 is 5.97 Å². The van der Waals surface area contributed by atoms with Gasteiger partial charge in [0.15, 0.2) is 0 Å². The average molecular weight is 416 g/mol. The molecule has 3 amide bonds. The number of carboxylic acid groups (broad SMARTS) is 1. The molecule has 0 radical (unpaired) electrons. The largest absolute Gasteiger partial charge is 0.480 e. The Kier molecular flexibility index (Phi) is 12.8. The summed E-state index contributed by atoms with van der Waals surface area (Å²) in [6, 6.07) is -2.62. The molecule has 10 nitrogen and oxygen atoms in total. The van der Waals surface area contributed by atoms with E-state index in [4.69, 9.17) is 11.5 Å². The van der Waals surface area contributed by atoms with E-state index in [-0.39, 0.29) is 18.3 Å². The van der Waals surface area contributed by atoms with E-state index < -0.39 is 48.4 Å². The molecule has 0 heterocycles. The smallest absolute Gasteiger partial charge is 0.326 e. The van der Waals surface area contributed by atoms with Crippen molar-refractivity contribution in [3.63, 3.8) is 0 Å². The van der Waals surface area contributed by atoms with Crippen LogP contribution < -0.4 is 27.4 Å². The predicted octanol–water partition coefficient (Wildman–Crippen LogP) is -0.685. The van der Waals surface area contributed by atoms with Crippen LogP contribution in [0.2, 0.25) is 0 Å². The normalized spacial score (nSPS) is 14.2. The maximum absolute atomic E-state index is 12.4. The molecule has 168 valence electrons. The molecule has 0 aromatic carbocycles. The third-order valence-corrected chi connectivity index (χ3v) is 4.31. The van der Waals surface area contributed by atoms with Crippen LogP contribution in [0, 0.1) is 11.8 Å². The third kappa shape index (κ3) is 11.4. The topological polar surface area (TPSA) is 177 Å². The number of unbranched alkanes of at least 4 members (excludes halogenated alkanes) is 1. The number of hydrogen-bond acceptors (Lipinski definition) is 6. The molecule has 0 aliphatic heterocycles. The second-order valence-electron chi connectivity index (χ2n) is 7.93. The van der Waals surface area contributed by atoms with Gasteiger partial charge in [-0.2, -0.15) is 0 Å². The Morgan fingerprint density at radius 3 is 2.07 bits per heavy atom. The highest BCUT2D eigenvalue weighted by Crippen LogP contribution is 2.06. The van der Waals surface area contributed by atoms with E-state index in [1.165, 1.54) is 0 Å². The van der Waals surface area contributed by atoms with Crippen LogP contribution in [-0.4, -0.2) is 60.0 Å². The number of aliphatic carboxylic acids is 1. The van der Waals surface area contributed by atoms with Gasteiger partial charge in [0.25, 0.3) is 0 Å². The molecule has 0 aromatic rings. The maximum Gasteiger partial charge on any atom is 0.326 e. The Balaban J connectivity index is 4.69. The molecule has 0 rings (SSSR count). The second-order valence-corrected chi connectivity index (χ2v) is 7.93. The van der Waals surface area contributed by atoms with E-state index in [1.807, 2.05) is 13.8 Å². The summed E-state index contributed by atoms with van der Waals surface area (Å²) in [6.07, 6.45) is 1.97. The number of amides is 3. The summed E-state index contributed by atoms with van der Waals surface area (Å²) in [4.78, 5) is 47.9. The first-order chi connectivity index (χ1) is 13.5. The molecule has 0 aromatic heterocycles. The summed E-state index contributed by atoms with van der Waals surface area (Å²) in [5, 5.41) is 16.6. The van der Waals surface area contributed by atoms with Crippen LogP contribution in [0.5, 0.6) is 0 Å². The minimum Gasteiger partial charge on any atom is -0.480 e. The summed E-state index contributed by atoms with van der Waals surface area (Å²) < 4.78 is 0. The molecular formula is C19H37N5O5. The van der Waals surface area contributed by atoms with Crippen molar-refractivity contribution in [1.82, 2.24) is 16.0 Å². The molecular weight excluding hydrogens is 378 g/mol. The van der Waals surface area contributed by atoms with E-state index in [2.05, 4.69) is 16.0 Å². The lowest BCUT2D eigenvalue weighted by Gasteiger charge is -2.24. The predicted molar refractivity (Wildman–Crippen MR) is 110 cm³/mol. The third-order valence-electron chi connectivity index (χ3n) is 4.31. The van der Waals surface area contributed by atoms with Crippen LogP contribution in [0.1, 0.15) is 53.4 Å². The fourth-order valence-corrected chi connectivity index (χ4v) is 2.68. The van der Waals surface area contributed by atoms with E-state index in [0.717, 1.165) is 0 Å². The zero-order valence-electron chi connectivity index (χ0n) is 17.9. The summed E-state index contributed by atoms with van der Waals surface area (Å²) in [7, 11) is 0. The van der Waals surface area contributed by atoms with Gasteiger partial charge in [-0.1, -0.05) is 27.7 Å². The maximum atomic E-state index is 12.4. The van der Waals surface area contributed by atoms with Crippen molar-refractivity contribution in [1.29, 1.82) is 0 Å². The Morgan fingerprint density at radius 2 is 1.59 bits per heavy atom. The van der Waals surface area contributed by atoms with Gasteiger partial charge in [0, 0.05) is 0 Å². The number of carbonyl (C=O) groups excluding carboxylic acids is 3. The van der Waals surface area contributed by atoms with Gasteiger partial charge in [-0.05, 0) is 44.1 Å². The van der Waals surface area contributed by atoms with Crippen LogP contribution >= 0.6 is 0 Å². The van der Waals surface area contributed by atoms with Crippen molar-refractivity contribution in [2.24, 2.45) is 23.3 Å². The second kappa shape index (κ2) is 13.9. The minimum atomic E-state index is -1.15. The first-order valence-electron chi connectivity index (χ1n) is 10.0. The molecule has 29 heavy (non-hydrogen) atoms. The van der Waals surface area contributed by atoms with Crippen molar-refractivity contribution in [3.05, 3.63) is 0 Å². The fourth-order valence-electron chi connectivity index (χ4n) is 2.68. The monoisotopic (exact) mass is 415 g/mol. The molecule has 0 fully saturated rings. The van der Waals surface area contributed by atoms with Crippen LogP contribution in [0.25, 0.3) is 0 Å². The average Bonchev–Trinajstić information content (AvgIpc) is 2.62. The van der Waals surface area contributed by atoms with E-state index >= 15 is 0 Å². The van der Waals surface area contributed by atoms with Crippen molar-refractivity contribution >= 4 is 23.7 Å². The number of nitrogens with two attached hydrogens (primary N) is 2. The quantitative estimate of drug-likeness (QED) is 0.203. The first-order valence-corrected chi connectivity index (χ1v) is 10.0. The van der Waals surface area contributed by atoms with Gasteiger partial charge < -0.3 is 32.5 Å². The lowest BCUT2D eigenvalue weighted by molar-refractivity contribution is -0.142. The van der Waals surface area contributed by atoms with E-state index in [1.54, 1.807) is 13.8 Å². The number of carboxylic acids is 1. The number of nitrogens with one attached hydrogen (secondary N) is 3. The number of hydrogen-bond donors (Lipinski definition) is 6. The summed E-state index contributed by atoms with van der Waals surface area (Å²) in [5.41, 5.74) is 11.2. The Labute approximate surface area is 172 Å². The lowest BCUT2D eigenvalue weighted by Crippen LogP contribution is -2.55. The van der Waals surface area contributed by atoms with Crippen LogP contribution in [0.15, 0.2) is 0 Å². The molecule has 3 atom stereocenters. The molecule has 0 aliphatic rings. The molecule has 0 spiro atoms. The number of carbonyl (C=O) groups is 4. The van der Waals surface area contributed by atoms with Gasteiger partial charge in [-0.15, -0.1) is 0 Å². The van der Waals surface area contributed by atoms with E-state index in [0.29, 0.717) is 25.8 Å². The van der Waals surface area contributed by atoms with Crippen LogP contribution in [0.4, 0.5) is 0 Å². The Hall–Kier alpha value is -2.20. The van der Waals surface area contributed by atoms with Crippen molar-refractivity contribution in [3.8, 4) is 0 Å². The fraction of sp³-hybridized carbons (Fsp3) is 0.789. The summed E-state index contributed by atoms with van der Waals surface area (Å²) in [5.74, 6) is -2.72. The highest BCUT2D eigenvalue weighted by Gasteiger charge is 2.27. The zero-order valence-corrected chi connectivity index (χ0v) is 17.9. The van der Waals surface area contributed by atoms with Crippen LogP contribution in [-0.2, 0) is 19.2 Å². The molecule has 0 aliphatic carbocycles. The molecule has 3 unspecified atom stereocenters. The van der Waals surface area contributed by atoms with Gasteiger partial charge in [-0.25, -0.2) is 4.79 Å². The molecule has 8 N–H and O–H groups in total. The van der Waals surface area contributed by atoms with Crippen LogP contribution in [0.3, 0.4) is 0 Å². The van der Waals surface area contributed by atoms with Gasteiger partial charge in [0.05, 0.1) is 12.6 Å². The SMILES string of the molecule is CC(C)CC(N)C(=O)NC(C(=O)NCC(=O)NC(CCCCN)C(=O)O)C(C)C. The van der Waals surface area contributed by atoms with Gasteiger partial charge in [0.2, 0.25) is 17.7 Å². The Bertz CT molecular complexity index is 553. The molecule has 10 heteroatoms. The van der Waals surface area contributed by atoms with Crippen molar-refractivity contribution < 1.29 is 24.3 Å². The zero-order chi connectivity index (χ0) is 22.6. The molecule has 0 saturated heterocycles. The summed E-state index contributed by atoms with van der Waals surface area (Å²) >= 11 is 0. The Morgan fingerprint density at radius 1 is 0.966 bits per heavy atom.